The molecule has 0 aromatic rings. The van der Waals surface area contributed by atoms with Crippen molar-refractivity contribution < 1.29 is 13.2 Å². The maximum absolute atomic E-state index is 11.1. The van der Waals surface area contributed by atoms with Gasteiger partial charge in [-0.3, -0.25) is 0 Å². The van der Waals surface area contributed by atoms with Gasteiger partial charge in [0.25, 0.3) is 0 Å². The summed E-state index contributed by atoms with van der Waals surface area (Å²) in [5.41, 5.74) is 0. The summed E-state index contributed by atoms with van der Waals surface area (Å²) in [5.74, 6) is 0.216. The van der Waals surface area contributed by atoms with Crippen molar-refractivity contribution in [2.45, 2.75) is 12.5 Å². The van der Waals surface area contributed by atoms with E-state index < -0.39 is 9.84 Å². The molecule has 1 atom stereocenters. The van der Waals surface area contributed by atoms with E-state index in [4.69, 9.17) is 0 Å². The summed E-state index contributed by atoms with van der Waals surface area (Å²) in [6, 6.07) is -0.586. The van der Waals surface area contributed by atoms with Gasteiger partial charge in [0.05, 0.1) is 11.5 Å². The summed E-state index contributed by atoms with van der Waals surface area (Å²) in [6.45, 7) is 3.83. The molecule has 0 radical (unpaired) electrons. The Hall–Kier alpha value is -1.04. The summed E-state index contributed by atoms with van der Waals surface area (Å²) in [4.78, 5) is 11.1. The predicted molar refractivity (Wildman–Crippen MR) is 53.8 cm³/mol. The van der Waals surface area contributed by atoms with E-state index in [0.717, 1.165) is 0 Å². The number of rotatable bonds is 3. The molecule has 1 aliphatic heterocycles. The topological polar surface area (TPSA) is 75.3 Å². The van der Waals surface area contributed by atoms with Crippen LogP contribution in [0, 0.1) is 0 Å². The zero-order chi connectivity index (χ0) is 10.6. The molecule has 0 spiro atoms. The lowest BCUT2D eigenvalue weighted by Gasteiger charge is -2.10. The molecule has 1 saturated heterocycles. The van der Waals surface area contributed by atoms with Crippen LogP contribution in [0.3, 0.4) is 0 Å². The van der Waals surface area contributed by atoms with E-state index in [0.29, 0.717) is 13.0 Å². The first kappa shape index (κ1) is 11.0. The second-order valence-electron chi connectivity index (χ2n) is 3.24. The minimum absolute atomic E-state index is 0.0501. The number of sulfone groups is 1. The van der Waals surface area contributed by atoms with Crippen molar-refractivity contribution in [2.75, 3.05) is 18.1 Å². The van der Waals surface area contributed by atoms with E-state index in [1.807, 2.05) is 0 Å². The molecule has 0 bridgehead atoms. The highest BCUT2D eigenvalue weighted by Gasteiger charge is 2.28. The SMILES string of the molecule is C=CCNC(=O)N[C@@H]1CCS(=O)(=O)C1. The van der Waals surface area contributed by atoms with Gasteiger partial charge in [-0.1, -0.05) is 6.08 Å². The second kappa shape index (κ2) is 4.45. The van der Waals surface area contributed by atoms with Crippen molar-refractivity contribution in [3.8, 4) is 0 Å². The Morgan fingerprint density at radius 1 is 1.57 bits per heavy atom. The number of urea groups is 1. The highest BCUT2D eigenvalue weighted by atomic mass is 32.2. The molecule has 2 N–H and O–H groups in total. The third-order valence-electron chi connectivity index (χ3n) is 1.97. The zero-order valence-corrected chi connectivity index (χ0v) is 8.64. The Morgan fingerprint density at radius 3 is 2.79 bits per heavy atom. The summed E-state index contributed by atoms with van der Waals surface area (Å²) < 4.78 is 22.1. The molecule has 0 aromatic carbocycles. The quantitative estimate of drug-likeness (QED) is 0.636. The smallest absolute Gasteiger partial charge is 0.315 e. The van der Waals surface area contributed by atoms with Crippen molar-refractivity contribution in [3.63, 3.8) is 0 Å². The molecule has 0 aliphatic carbocycles. The highest BCUT2D eigenvalue weighted by molar-refractivity contribution is 7.91. The van der Waals surface area contributed by atoms with Crippen LogP contribution in [-0.4, -0.2) is 38.5 Å². The maximum atomic E-state index is 11.1. The van der Waals surface area contributed by atoms with Gasteiger partial charge in [0, 0.05) is 12.6 Å². The van der Waals surface area contributed by atoms with Crippen LogP contribution in [0.5, 0.6) is 0 Å². The van der Waals surface area contributed by atoms with E-state index in [9.17, 15) is 13.2 Å². The lowest BCUT2D eigenvalue weighted by molar-refractivity contribution is 0.239. The molecule has 1 aliphatic rings. The van der Waals surface area contributed by atoms with Gasteiger partial charge < -0.3 is 10.6 Å². The van der Waals surface area contributed by atoms with Gasteiger partial charge in [-0.15, -0.1) is 6.58 Å². The molecule has 0 aromatic heterocycles. The number of hydrogen-bond acceptors (Lipinski definition) is 3. The summed E-state index contributed by atoms with van der Waals surface area (Å²) >= 11 is 0. The van der Waals surface area contributed by atoms with E-state index in [1.54, 1.807) is 6.08 Å². The fraction of sp³-hybridized carbons (Fsp3) is 0.625. The van der Waals surface area contributed by atoms with Gasteiger partial charge in [0.1, 0.15) is 0 Å². The molecule has 0 saturated carbocycles. The first-order valence-corrected chi connectivity index (χ1v) is 6.21. The lowest BCUT2D eigenvalue weighted by atomic mass is 10.3. The van der Waals surface area contributed by atoms with Gasteiger partial charge in [-0.05, 0) is 6.42 Å². The van der Waals surface area contributed by atoms with E-state index in [2.05, 4.69) is 17.2 Å². The summed E-state index contributed by atoms with van der Waals surface area (Å²) in [6.07, 6.45) is 2.06. The molecular weight excluding hydrogens is 204 g/mol. The number of nitrogens with one attached hydrogen (secondary N) is 2. The van der Waals surface area contributed by atoms with Crippen LogP contribution in [0.1, 0.15) is 6.42 Å². The number of carbonyl (C=O) groups excluding carboxylic acids is 1. The first-order chi connectivity index (χ1) is 6.53. The number of hydrogen-bond donors (Lipinski definition) is 2. The maximum Gasteiger partial charge on any atom is 0.315 e. The van der Waals surface area contributed by atoms with Crippen molar-refractivity contribution >= 4 is 15.9 Å². The average molecular weight is 218 g/mol. The fourth-order valence-corrected chi connectivity index (χ4v) is 2.98. The molecule has 5 nitrogen and oxygen atoms in total. The Morgan fingerprint density at radius 2 is 2.29 bits per heavy atom. The van der Waals surface area contributed by atoms with Crippen LogP contribution < -0.4 is 10.6 Å². The van der Waals surface area contributed by atoms with Crippen molar-refractivity contribution in [1.29, 1.82) is 0 Å². The molecule has 1 fully saturated rings. The second-order valence-corrected chi connectivity index (χ2v) is 5.47. The number of amides is 2. The summed E-state index contributed by atoms with van der Waals surface area (Å²) in [5, 5.41) is 5.12. The highest BCUT2D eigenvalue weighted by Crippen LogP contribution is 2.10. The Bertz CT molecular complexity index is 323. The largest absolute Gasteiger partial charge is 0.335 e. The average Bonchev–Trinajstić information content (AvgIpc) is 2.42. The molecule has 1 rings (SSSR count). The standard InChI is InChI=1S/C8H14N2O3S/c1-2-4-9-8(11)10-7-3-5-14(12,13)6-7/h2,7H,1,3-6H2,(H2,9,10,11)/t7-/m1/s1. The van der Waals surface area contributed by atoms with Gasteiger partial charge in [0.15, 0.2) is 9.84 Å². The van der Waals surface area contributed by atoms with Crippen molar-refractivity contribution in [2.24, 2.45) is 0 Å². The lowest BCUT2D eigenvalue weighted by Crippen LogP contribution is -2.42. The summed E-state index contributed by atoms with van der Waals surface area (Å²) in [7, 11) is -2.92. The van der Waals surface area contributed by atoms with E-state index >= 15 is 0 Å². The monoisotopic (exact) mass is 218 g/mol. The molecular formula is C8H14N2O3S. The van der Waals surface area contributed by atoms with Crippen LogP contribution in [0.25, 0.3) is 0 Å². The van der Waals surface area contributed by atoms with E-state index in [1.165, 1.54) is 0 Å². The van der Waals surface area contributed by atoms with Gasteiger partial charge >= 0.3 is 6.03 Å². The molecule has 14 heavy (non-hydrogen) atoms. The van der Waals surface area contributed by atoms with Gasteiger partial charge in [-0.25, -0.2) is 13.2 Å². The van der Waals surface area contributed by atoms with Crippen LogP contribution in [0.2, 0.25) is 0 Å². The van der Waals surface area contributed by atoms with E-state index in [-0.39, 0.29) is 23.6 Å². The Kier molecular flexibility index (Phi) is 3.51. The van der Waals surface area contributed by atoms with Crippen molar-refractivity contribution in [1.82, 2.24) is 10.6 Å². The minimum atomic E-state index is -2.92. The Labute approximate surface area is 83.5 Å². The molecule has 2 amide bonds. The molecule has 0 unspecified atom stereocenters. The van der Waals surface area contributed by atoms with Gasteiger partial charge in [0.2, 0.25) is 0 Å². The van der Waals surface area contributed by atoms with Crippen LogP contribution in [0.15, 0.2) is 12.7 Å². The Balaban J connectivity index is 2.32. The van der Waals surface area contributed by atoms with Crippen LogP contribution in [-0.2, 0) is 9.84 Å². The minimum Gasteiger partial charge on any atom is -0.335 e. The predicted octanol–water partition coefficient (Wildman–Crippen LogP) is -0.341. The molecule has 1 heterocycles. The van der Waals surface area contributed by atoms with Crippen molar-refractivity contribution in [3.05, 3.63) is 12.7 Å². The number of carbonyl (C=O) groups is 1. The third-order valence-corrected chi connectivity index (χ3v) is 3.74. The molecule has 80 valence electrons. The van der Waals surface area contributed by atoms with Gasteiger partial charge in [-0.2, -0.15) is 0 Å². The first-order valence-electron chi connectivity index (χ1n) is 4.39. The molecule has 6 heteroatoms. The zero-order valence-electron chi connectivity index (χ0n) is 7.82. The fourth-order valence-electron chi connectivity index (χ4n) is 1.31. The normalized spacial score (nSPS) is 24.1. The van der Waals surface area contributed by atoms with Crippen LogP contribution in [0.4, 0.5) is 4.79 Å². The third kappa shape index (κ3) is 3.37. The van der Waals surface area contributed by atoms with Crippen LogP contribution >= 0.6 is 0 Å².